The molecule has 0 bridgehead atoms. The van der Waals surface area contributed by atoms with Gasteiger partial charge in [-0.2, -0.15) is 4.39 Å². The number of rotatable bonds is 5. The van der Waals surface area contributed by atoms with Crippen molar-refractivity contribution < 1.29 is 13.9 Å². The first kappa shape index (κ1) is 20.2. The van der Waals surface area contributed by atoms with Crippen molar-refractivity contribution in [2.75, 3.05) is 43.4 Å². The highest BCUT2D eigenvalue weighted by atomic mass is 19.1. The normalized spacial score (nSPS) is 20.1. The Balaban J connectivity index is 1.20. The van der Waals surface area contributed by atoms with E-state index in [4.69, 9.17) is 4.74 Å². The molecule has 3 aliphatic rings. The molecular formula is C23H28FN5O2. The van der Waals surface area contributed by atoms with Gasteiger partial charge < -0.3 is 20.3 Å². The smallest absolute Gasteiger partial charge is 0.268 e. The first-order valence-electron chi connectivity index (χ1n) is 11.0. The second-order valence-electron chi connectivity index (χ2n) is 8.64. The molecule has 2 aromatic rings. The topological polar surface area (TPSA) is 69.7 Å². The molecule has 2 N–H and O–H groups in total. The van der Waals surface area contributed by atoms with Crippen LogP contribution < -0.4 is 20.3 Å². The first-order chi connectivity index (χ1) is 15.1. The van der Waals surface area contributed by atoms with Crippen molar-refractivity contribution in [1.82, 2.24) is 15.2 Å². The summed E-state index contributed by atoms with van der Waals surface area (Å²) in [6.45, 7) is 4.50. The van der Waals surface area contributed by atoms with Gasteiger partial charge in [0, 0.05) is 39.3 Å². The number of aromatic nitrogens is 1. The maximum absolute atomic E-state index is 14.4. The van der Waals surface area contributed by atoms with E-state index in [1.807, 2.05) is 31.3 Å². The molecule has 5 rings (SSSR count). The molecule has 8 heteroatoms. The van der Waals surface area contributed by atoms with Gasteiger partial charge in [-0.1, -0.05) is 6.07 Å². The summed E-state index contributed by atoms with van der Waals surface area (Å²) in [6, 6.07) is 9.74. The molecule has 164 valence electrons. The van der Waals surface area contributed by atoms with Crippen LogP contribution in [0.15, 0.2) is 30.3 Å². The Morgan fingerprint density at radius 2 is 2.00 bits per heavy atom. The average molecular weight is 426 g/mol. The van der Waals surface area contributed by atoms with Crippen molar-refractivity contribution in [1.29, 1.82) is 0 Å². The summed E-state index contributed by atoms with van der Waals surface area (Å²) in [5.74, 6) is 0.335. The molecule has 2 aliphatic heterocycles. The molecular weight excluding hydrogens is 397 g/mol. The van der Waals surface area contributed by atoms with Crippen LogP contribution in [0.3, 0.4) is 0 Å². The van der Waals surface area contributed by atoms with Crippen LogP contribution in [0.4, 0.5) is 15.8 Å². The Bertz CT molecular complexity index is 986. The van der Waals surface area contributed by atoms with E-state index in [-0.39, 0.29) is 5.91 Å². The van der Waals surface area contributed by atoms with Crippen LogP contribution in [-0.4, -0.2) is 54.6 Å². The van der Waals surface area contributed by atoms with E-state index < -0.39 is 11.5 Å². The number of nitrogens with zero attached hydrogens (tertiary/aromatic N) is 3. The molecule has 0 unspecified atom stereocenters. The van der Waals surface area contributed by atoms with E-state index in [1.165, 1.54) is 0 Å². The Morgan fingerprint density at radius 1 is 1.19 bits per heavy atom. The zero-order chi connectivity index (χ0) is 21.4. The van der Waals surface area contributed by atoms with Crippen LogP contribution in [0, 0.1) is 5.95 Å². The van der Waals surface area contributed by atoms with Gasteiger partial charge in [0.1, 0.15) is 5.75 Å². The van der Waals surface area contributed by atoms with Gasteiger partial charge in [-0.25, -0.2) is 4.98 Å². The first-order valence-corrected chi connectivity index (χ1v) is 11.0. The summed E-state index contributed by atoms with van der Waals surface area (Å²) in [7, 11) is 1.82. The third-order valence-corrected chi connectivity index (χ3v) is 6.54. The molecule has 2 fully saturated rings. The number of anilines is 2. The molecule has 1 amide bonds. The quantitative estimate of drug-likeness (QED) is 0.718. The Hall–Kier alpha value is -2.71. The molecule has 1 saturated heterocycles. The monoisotopic (exact) mass is 425 g/mol. The number of piperazine rings is 1. The molecule has 1 saturated carbocycles. The lowest BCUT2D eigenvalue weighted by atomic mass is 9.78. The Labute approximate surface area is 181 Å². The number of carbonyl (C=O) groups is 1. The predicted octanol–water partition coefficient (Wildman–Crippen LogP) is 2.52. The zero-order valence-electron chi connectivity index (χ0n) is 17.8. The lowest BCUT2D eigenvalue weighted by molar-refractivity contribution is -0.139. The molecule has 3 heterocycles. The largest absolute Gasteiger partial charge is 0.475 e. The minimum Gasteiger partial charge on any atom is -0.475 e. The average Bonchev–Trinajstić information content (AvgIpc) is 2.73. The molecule has 1 aliphatic carbocycles. The van der Waals surface area contributed by atoms with Crippen molar-refractivity contribution >= 4 is 17.3 Å². The third-order valence-electron chi connectivity index (χ3n) is 6.54. The number of halogens is 1. The van der Waals surface area contributed by atoms with E-state index in [9.17, 15) is 9.18 Å². The minimum absolute atomic E-state index is 0.0200. The van der Waals surface area contributed by atoms with Crippen molar-refractivity contribution in [3.8, 4) is 5.75 Å². The van der Waals surface area contributed by atoms with Crippen molar-refractivity contribution in [2.45, 2.75) is 38.0 Å². The van der Waals surface area contributed by atoms with Crippen LogP contribution in [-0.2, 0) is 17.9 Å². The fourth-order valence-electron chi connectivity index (χ4n) is 4.57. The standard InChI is InChI=1S/C23H28FN5O2/c1-25-14-17-4-5-19(21(24)26-17)29-11-9-28(10-12-29)15-16-3-6-20-18(13-16)27-22(30)23(31-20)7-2-8-23/h3-6,13,25H,2,7-12,14-15H2,1H3,(H,27,30). The molecule has 0 atom stereocenters. The van der Waals surface area contributed by atoms with Gasteiger partial charge in [-0.05, 0) is 56.1 Å². The summed E-state index contributed by atoms with van der Waals surface area (Å²) in [6.07, 6.45) is 2.62. The van der Waals surface area contributed by atoms with Gasteiger partial charge in [-0.3, -0.25) is 9.69 Å². The Kier molecular flexibility index (Phi) is 5.27. The number of amides is 1. The van der Waals surface area contributed by atoms with Crippen molar-refractivity contribution in [3.05, 3.63) is 47.5 Å². The molecule has 0 radical (unpaired) electrons. The SMILES string of the molecule is CNCc1ccc(N2CCN(Cc3ccc4c(c3)NC(=O)C3(CCC3)O4)CC2)c(F)n1. The summed E-state index contributed by atoms with van der Waals surface area (Å²) in [4.78, 5) is 20.9. The number of hydrogen-bond donors (Lipinski definition) is 2. The van der Waals surface area contributed by atoms with E-state index >= 15 is 0 Å². The fourth-order valence-corrected chi connectivity index (χ4v) is 4.57. The summed E-state index contributed by atoms with van der Waals surface area (Å²) >= 11 is 0. The van der Waals surface area contributed by atoms with Gasteiger partial charge >= 0.3 is 0 Å². The molecule has 7 nitrogen and oxygen atoms in total. The number of hydrogen-bond acceptors (Lipinski definition) is 6. The number of nitrogens with one attached hydrogen (secondary N) is 2. The van der Waals surface area contributed by atoms with E-state index in [0.717, 1.165) is 69.0 Å². The highest BCUT2D eigenvalue weighted by Gasteiger charge is 2.49. The lowest BCUT2D eigenvalue weighted by Gasteiger charge is -2.43. The maximum atomic E-state index is 14.4. The van der Waals surface area contributed by atoms with Gasteiger partial charge in [0.2, 0.25) is 5.95 Å². The molecule has 1 aromatic heterocycles. The summed E-state index contributed by atoms with van der Waals surface area (Å²) < 4.78 is 20.5. The lowest BCUT2D eigenvalue weighted by Crippen LogP contribution is -2.55. The number of fused-ring (bicyclic) bond motifs is 1. The van der Waals surface area contributed by atoms with Crippen LogP contribution in [0.1, 0.15) is 30.5 Å². The highest BCUT2D eigenvalue weighted by molar-refractivity contribution is 6.01. The highest BCUT2D eigenvalue weighted by Crippen LogP contribution is 2.43. The second kappa shape index (κ2) is 8.09. The fraction of sp³-hybridized carbons (Fsp3) is 0.478. The molecule has 31 heavy (non-hydrogen) atoms. The van der Waals surface area contributed by atoms with Gasteiger partial charge in [0.25, 0.3) is 5.91 Å². The van der Waals surface area contributed by atoms with E-state index in [0.29, 0.717) is 17.9 Å². The summed E-state index contributed by atoms with van der Waals surface area (Å²) in [5, 5.41) is 6.02. The van der Waals surface area contributed by atoms with Crippen LogP contribution in [0.25, 0.3) is 0 Å². The van der Waals surface area contributed by atoms with Gasteiger partial charge in [-0.15, -0.1) is 0 Å². The minimum atomic E-state index is -0.639. The molecule has 1 spiro atoms. The number of benzene rings is 1. The number of carbonyl (C=O) groups excluding carboxylic acids is 1. The van der Waals surface area contributed by atoms with E-state index in [1.54, 1.807) is 0 Å². The maximum Gasteiger partial charge on any atom is 0.268 e. The number of ether oxygens (including phenoxy) is 1. The van der Waals surface area contributed by atoms with Crippen molar-refractivity contribution in [2.24, 2.45) is 0 Å². The zero-order valence-corrected chi connectivity index (χ0v) is 17.8. The van der Waals surface area contributed by atoms with Crippen LogP contribution in [0.5, 0.6) is 5.75 Å². The Morgan fingerprint density at radius 3 is 2.68 bits per heavy atom. The predicted molar refractivity (Wildman–Crippen MR) is 117 cm³/mol. The number of pyridine rings is 1. The van der Waals surface area contributed by atoms with E-state index in [2.05, 4.69) is 31.5 Å². The van der Waals surface area contributed by atoms with Crippen LogP contribution in [0.2, 0.25) is 0 Å². The van der Waals surface area contributed by atoms with Gasteiger partial charge in [0.05, 0.1) is 17.1 Å². The summed E-state index contributed by atoms with van der Waals surface area (Å²) in [5.41, 5.74) is 2.52. The third kappa shape index (κ3) is 3.85. The van der Waals surface area contributed by atoms with Gasteiger partial charge in [0.15, 0.2) is 5.60 Å². The second-order valence-corrected chi connectivity index (χ2v) is 8.64. The van der Waals surface area contributed by atoms with Crippen LogP contribution >= 0.6 is 0 Å². The molecule has 1 aromatic carbocycles. The van der Waals surface area contributed by atoms with Crippen molar-refractivity contribution in [3.63, 3.8) is 0 Å².